The first-order valence-electron chi connectivity index (χ1n) is 6.21. The van der Waals surface area contributed by atoms with E-state index in [0.29, 0.717) is 12.5 Å². The molecule has 1 heterocycles. The van der Waals surface area contributed by atoms with Crippen LogP contribution in [0.1, 0.15) is 6.42 Å². The summed E-state index contributed by atoms with van der Waals surface area (Å²) in [7, 11) is 1.93. The number of urea groups is 1. The maximum Gasteiger partial charge on any atom is 0.321 e. The Morgan fingerprint density at radius 1 is 1.47 bits per heavy atom. The normalized spacial score (nSPS) is 18.5. The van der Waals surface area contributed by atoms with Crippen molar-refractivity contribution in [3.63, 3.8) is 0 Å². The fourth-order valence-corrected chi connectivity index (χ4v) is 2.09. The second kappa shape index (κ2) is 9.77. The van der Waals surface area contributed by atoms with E-state index in [1.54, 1.807) is 6.08 Å². The van der Waals surface area contributed by atoms with Gasteiger partial charge in [0.05, 0.1) is 6.54 Å². The summed E-state index contributed by atoms with van der Waals surface area (Å²) in [6.07, 6.45) is 2.66. The lowest BCUT2D eigenvalue weighted by Crippen LogP contribution is -2.44. The molecule has 1 fully saturated rings. The van der Waals surface area contributed by atoms with E-state index in [0.717, 1.165) is 26.1 Å². The number of halogens is 1. The molecule has 1 aliphatic rings. The molecule has 1 rings (SSSR count). The van der Waals surface area contributed by atoms with Gasteiger partial charge in [-0.05, 0) is 32.5 Å². The first-order valence-corrected chi connectivity index (χ1v) is 6.21. The first-order chi connectivity index (χ1) is 8.65. The van der Waals surface area contributed by atoms with Gasteiger partial charge in [-0.25, -0.2) is 4.79 Å². The second-order valence-electron chi connectivity index (χ2n) is 4.49. The highest BCUT2D eigenvalue weighted by atomic mass is 35.5. The van der Waals surface area contributed by atoms with Gasteiger partial charge >= 0.3 is 6.03 Å². The molecule has 6 nitrogen and oxygen atoms in total. The van der Waals surface area contributed by atoms with E-state index < -0.39 is 6.03 Å². The predicted molar refractivity (Wildman–Crippen MR) is 77.5 cm³/mol. The number of rotatable bonds is 6. The number of carbonyl (C=O) groups is 2. The Hall–Kier alpha value is -1.11. The number of hydrogen-bond acceptors (Lipinski definition) is 4. The minimum absolute atomic E-state index is 0. The summed E-state index contributed by atoms with van der Waals surface area (Å²) < 4.78 is 0. The smallest absolute Gasteiger partial charge is 0.321 e. The summed E-state index contributed by atoms with van der Waals surface area (Å²) in [6.45, 7) is 6.90. The van der Waals surface area contributed by atoms with Gasteiger partial charge in [0.15, 0.2) is 0 Å². The van der Waals surface area contributed by atoms with Crippen molar-refractivity contribution in [1.29, 1.82) is 0 Å². The lowest BCUT2D eigenvalue weighted by molar-refractivity contribution is -0.120. The third-order valence-electron chi connectivity index (χ3n) is 2.89. The maximum absolute atomic E-state index is 11.6. The molecule has 3 amide bonds. The van der Waals surface area contributed by atoms with Gasteiger partial charge < -0.3 is 10.6 Å². The van der Waals surface area contributed by atoms with Crippen molar-refractivity contribution >= 4 is 24.3 Å². The fourth-order valence-electron chi connectivity index (χ4n) is 2.09. The summed E-state index contributed by atoms with van der Waals surface area (Å²) in [4.78, 5) is 24.9. The molecule has 1 atom stereocenters. The Balaban J connectivity index is 0.00000324. The molecule has 1 unspecified atom stereocenters. The predicted octanol–water partition coefficient (Wildman–Crippen LogP) is -0.0387. The van der Waals surface area contributed by atoms with Crippen LogP contribution < -0.4 is 16.0 Å². The van der Waals surface area contributed by atoms with Crippen LogP contribution >= 0.6 is 12.4 Å². The van der Waals surface area contributed by atoms with Crippen LogP contribution in [0.15, 0.2) is 12.7 Å². The van der Waals surface area contributed by atoms with E-state index in [1.807, 2.05) is 7.05 Å². The number of amides is 3. The highest BCUT2D eigenvalue weighted by Gasteiger charge is 2.23. The molecule has 0 bridgehead atoms. The molecule has 3 N–H and O–H groups in total. The van der Waals surface area contributed by atoms with Crippen LogP contribution in [0.3, 0.4) is 0 Å². The summed E-state index contributed by atoms with van der Waals surface area (Å²) in [5.41, 5.74) is 0. The molecule has 0 radical (unpaired) electrons. The van der Waals surface area contributed by atoms with Crippen LogP contribution in [0, 0.1) is 5.92 Å². The monoisotopic (exact) mass is 290 g/mol. The van der Waals surface area contributed by atoms with Crippen molar-refractivity contribution in [2.24, 2.45) is 5.92 Å². The van der Waals surface area contributed by atoms with Crippen LogP contribution in [0.25, 0.3) is 0 Å². The molecule has 0 spiro atoms. The topological polar surface area (TPSA) is 73.5 Å². The number of carbonyl (C=O) groups excluding carboxylic acids is 2. The van der Waals surface area contributed by atoms with Gasteiger partial charge in [0, 0.05) is 13.1 Å². The lowest BCUT2D eigenvalue weighted by Gasteiger charge is -2.15. The average molecular weight is 291 g/mol. The van der Waals surface area contributed by atoms with Gasteiger partial charge in [0.2, 0.25) is 5.91 Å². The summed E-state index contributed by atoms with van der Waals surface area (Å²) in [6, 6.07) is -0.467. The SMILES string of the molecule is C=CCNC(=O)NC(=O)CN1CCC(CNC)C1.Cl. The quantitative estimate of drug-likeness (QED) is 0.600. The van der Waals surface area contributed by atoms with Gasteiger partial charge in [-0.1, -0.05) is 6.08 Å². The average Bonchev–Trinajstić information content (AvgIpc) is 2.74. The number of hydrogen-bond donors (Lipinski definition) is 3. The number of nitrogens with zero attached hydrogens (tertiary/aromatic N) is 1. The molecule has 0 aromatic rings. The van der Waals surface area contributed by atoms with Crippen LogP contribution in [-0.4, -0.2) is 56.6 Å². The molecule has 0 saturated carbocycles. The summed E-state index contributed by atoms with van der Waals surface area (Å²) >= 11 is 0. The van der Waals surface area contributed by atoms with Gasteiger partial charge in [-0.15, -0.1) is 19.0 Å². The Labute approximate surface area is 120 Å². The first kappa shape index (κ1) is 17.9. The van der Waals surface area contributed by atoms with Crippen molar-refractivity contribution in [2.75, 3.05) is 39.8 Å². The molecule has 19 heavy (non-hydrogen) atoms. The second-order valence-corrected chi connectivity index (χ2v) is 4.49. The van der Waals surface area contributed by atoms with Gasteiger partial charge in [0.25, 0.3) is 0 Å². The molecule has 0 aromatic carbocycles. The lowest BCUT2D eigenvalue weighted by atomic mass is 10.1. The minimum Gasteiger partial charge on any atom is -0.334 e. The third-order valence-corrected chi connectivity index (χ3v) is 2.89. The van der Waals surface area contributed by atoms with E-state index in [9.17, 15) is 9.59 Å². The largest absolute Gasteiger partial charge is 0.334 e. The standard InChI is InChI=1S/C12H22N4O2.ClH/c1-3-5-14-12(18)15-11(17)9-16-6-4-10(8-16)7-13-2;/h3,10,13H,1,4-9H2,2H3,(H2,14,15,17,18);1H. The van der Waals surface area contributed by atoms with Crippen molar-refractivity contribution < 1.29 is 9.59 Å². The summed E-state index contributed by atoms with van der Waals surface area (Å²) in [5.74, 6) is 0.332. The van der Waals surface area contributed by atoms with E-state index in [2.05, 4.69) is 27.4 Å². The van der Waals surface area contributed by atoms with Gasteiger partial charge in [0.1, 0.15) is 0 Å². The highest BCUT2D eigenvalue weighted by molar-refractivity contribution is 5.95. The Kier molecular flexibility index (Phi) is 9.20. The van der Waals surface area contributed by atoms with Gasteiger partial charge in [-0.3, -0.25) is 15.0 Å². The molecular weight excluding hydrogens is 268 g/mol. The molecule has 110 valence electrons. The zero-order valence-corrected chi connectivity index (χ0v) is 12.1. The Morgan fingerprint density at radius 2 is 2.21 bits per heavy atom. The molecular formula is C12H23ClN4O2. The van der Waals surface area contributed by atoms with Crippen molar-refractivity contribution in [3.8, 4) is 0 Å². The molecule has 0 aromatic heterocycles. The Morgan fingerprint density at radius 3 is 2.84 bits per heavy atom. The van der Waals surface area contributed by atoms with Crippen molar-refractivity contribution in [1.82, 2.24) is 20.9 Å². The van der Waals surface area contributed by atoms with Crippen LogP contribution in [0.4, 0.5) is 4.79 Å². The molecule has 1 saturated heterocycles. The third kappa shape index (κ3) is 7.15. The van der Waals surface area contributed by atoms with Crippen LogP contribution in [0.5, 0.6) is 0 Å². The van der Waals surface area contributed by atoms with E-state index >= 15 is 0 Å². The Bertz CT molecular complexity index is 312. The van der Waals surface area contributed by atoms with E-state index in [-0.39, 0.29) is 24.9 Å². The van der Waals surface area contributed by atoms with Gasteiger partial charge in [-0.2, -0.15) is 0 Å². The van der Waals surface area contributed by atoms with Crippen LogP contribution in [-0.2, 0) is 4.79 Å². The molecule has 0 aliphatic carbocycles. The molecule has 7 heteroatoms. The number of nitrogens with one attached hydrogen (secondary N) is 3. The van der Waals surface area contributed by atoms with E-state index in [1.165, 1.54) is 0 Å². The summed E-state index contributed by atoms with van der Waals surface area (Å²) in [5, 5.41) is 7.93. The molecule has 1 aliphatic heterocycles. The minimum atomic E-state index is -0.467. The highest BCUT2D eigenvalue weighted by Crippen LogP contribution is 2.14. The van der Waals surface area contributed by atoms with E-state index in [4.69, 9.17) is 0 Å². The van der Waals surface area contributed by atoms with Crippen LogP contribution in [0.2, 0.25) is 0 Å². The fraction of sp³-hybridized carbons (Fsp3) is 0.667. The van der Waals surface area contributed by atoms with Crippen molar-refractivity contribution in [3.05, 3.63) is 12.7 Å². The zero-order valence-electron chi connectivity index (χ0n) is 11.3. The number of imide groups is 1. The maximum atomic E-state index is 11.6. The van der Waals surface area contributed by atoms with Crippen molar-refractivity contribution in [2.45, 2.75) is 6.42 Å². The number of likely N-dealkylation sites (tertiary alicyclic amines) is 1. The zero-order chi connectivity index (χ0) is 13.4.